The van der Waals surface area contributed by atoms with Crippen LogP contribution in [0.5, 0.6) is 0 Å². The zero-order chi connectivity index (χ0) is 13.8. The van der Waals surface area contributed by atoms with E-state index in [1.807, 2.05) is 13.8 Å². The predicted octanol–water partition coefficient (Wildman–Crippen LogP) is 2.04. The van der Waals surface area contributed by atoms with E-state index < -0.39 is 0 Å². The number of hydrogen-bond acceptors (Lipinski definition) is 5. The maximum Gasteiger partial charge on any atom is 0.358 e. The standard InChI is InChI=1S/C13H18N2O3S/c1-9(2)12-14-11(7-19-12)13(17)18-10-3-5-15(8-16)6-4-10/h7-10H,3-6H2,1-2H3. The van der Waals surface area contributed by atoms with Gasteiger partial charge in [-0.25, -0.2) is 9.78 Å². The second-order valence-corrected chi connectivity index (χ2v) is 5.86. The Bertz CT molecular complexity index is 450. The molecule has 0 aliphatic carbocycles. The Labute approximate surface area is 116 Å². The van der Waals surface area contributed by atoms with Crippen molar-refractivity contribution in [3.63, 3.8) is 0 Å². The smallest absolute Gasteiger partial charge is 0.358 e. The molecule has 0 spiro atoms. The van der Waals surface area contributed by atoms with Gasteiger partial charge in [-0.3, -0.25) is 4.79 Å². The molecule has 0 atom stereocenters. The van der Waals surface area contributed by atoms with Crippen LogP contribution in [0.25, 0.3) is 0 Å². The fraction of sp³-hybridized carbons (Fsp3) is 0.615. The molecule has 1 saturated heterocycles. The van der Waals surface area contributed by atoms with Crippen LogP contribution in [-0.4, -0.2) is 41.5 Å². The fourth-order valence-corrected chi connectivity index (χ4v) is 2.76. The van der Waals surface area contributed by atoms with E-state index in [2.05, 4.69) is 4.98 Å². The van der Waals surface area contributed by atoms with E-state index >= 15 is 0 Å². The summed E-state index contributed by atoms with van der Waals surface area (Å²) in [5.74, 6) is -0.0323. The lowest BCUT2D eigenvalue weighted by Crippen LogP contribution is -2.37. The summed E-state index contributed by atoms with van der Waals surface area (Å²) < 4.78 is 5.43. The molecule has 1 aliphatic rings. The lowest BCUT2D eigenvalue weighted by atomic mass is 10.1. The van der Waals surface area contributed by atoms with Crippen molar-refractivity contribution >= 4 is 23.7 Å². The zero-order valence-electron chi connectivity index (χ0n) is 11.2. The van der Waals surface area contributed by atoms with E-state index in [4.69, 9.17) is 4.74 Å². The Morgan fingerprint density at radius 1 is 1.53 bits per heavy atom. The highest BCUT2D eigenvalue weighted by atomic mass is 32.1. The Hall–Kier alpha value is -1.43. The molecular weight excluding hydrogens is 264 g/mol. The topological polar surface area (TPSA) is 59.5 Å². The van der Waals surface area contributed by atoms with Crippen molar-refractivity contribution in [3.8, 4) is 0 Å². The van der Waals surface area contributed by atoms with Crippen LogP contribution in [0, 0.1) is 0 Å². The number of piperidine rings is 1. The predicted molar refractivity (Wildman–Crippen MR) is 72.3 cm³/mol. The number of thiazole rings is 1. The number of hydrogen-bond donors (Lipinski definition) is 0. The molecule has 0 unspecified atom stereocenters. The lowest BCUT2D eigenvalue weighted by molar-refractivity contribution is -0.120. The summed E-state index contributed by atoms with van der Waals surface area (Å²) in [5.41, 5.74) is 0.395. The molecule has 0 saturated carbocycles. The Morgan fingerprint density at radius 3 is 2.74 bits per heavy atom. The van der Waals surface area contributed by atoms with Crippen molar-refractivity contribution in [1.82, 2.24) is 9.88 Å². The third-order valence-corrected chi connectivity index (χ3v) is 4.27. The molecular formula is C13H18N2O3S. The quantitative estimate of drug-likeness (QED) is 0.626. The molecule has 0 bridgehead atoms. The van der Waals surface area contributed by atoms with Crippen molar-refractivity contribution in [3.05, 3.63) is 16.1 Å². The molecule has 0 radical (unpaired) electrons. The molecule has 1 aliphatic heterocycles. The molecule has 1 aromatic heterocycles. The van der Waals surface area contributed by atoms with Gasteiger partial charge in [0.05, 0.1) is 5.01 Å². The first-order valence-corrected chi connectivity index (χ1v) is 7.34. The van der Waals surface area contributed by atoms with E-state index in [9.17, 15) is 9.59 Å². The highest BCUT2D eigenvalue weighted by Gasteiger charge is 2.23. The van der Waals surface area contributed by atoms with Crippen molar-refractivity contribution in [2.45, 2.75) is 38.7 Å². The minimum absolute atomic E-state index is 0.104. The maximum absolute atomic E-state index is 11.9. The molecule has 19 heavy (non-hydrogen) atoms. The highest BCUT2D eigenvalue weighted by Crippen LogP contribution is 2.21. The van der Waals surface area contributed by atoms with E-state index in [1.54, 1.807) is 10.3 Å². The van der Waals surface area contributed by atoms with Gasteiger partial charge in [0, 0.05) is 37.2 Å². The van der Waals surface area contributed by atoms with E-state index in [0.29, 0.717) is 37.5 Å². The first-order valence-electron chi connectivity index (χ1n) is 6.46. The van der Waals surface area contributed by atoms with Crippen LogP contribution >= 0.6 is 11.3 Å². The number of carbonyl (C=O) groups excluding carboxylic acids is 2. The van der Waals surface area contributed by atoms with Gasteiger partial charge in [0.1, 0.15) is 6.10 Å². The third-order valence-electron chi connectivity index (χ3n) is 3.12. The van der Waals surface area contributed by atoms with Crippen LogP contribution in [0.4, 0.5) is 0 Å². The van der Waals surface area contributed by atoms with Gasteiger partial charge in [-0.1, -0.05) is 13.8 Å². The average Bonchev–Trinajstić information content (AvgIpc) is 2.89. The highest BCUT2D eigenvalue weighted by molar-refractivity contribution is 7.09. The number of aromatic nitrogens is 1. The normalized spacial score (nSPS) is 16.7. The Balaban J connectivity index is 1.88. The number of carbonyl (C=O) groups is 2. The summed E-state index contributed by atoms with van der Waals surface area (Å²) >= 11 is 1.49. The lowest BCUT2D eigenvalue weighted by Gasteiger charge is -2.28. The Morgan fingerprint density at radius 2 is 2.21 bits per heavy atom. The van der Waals surface area contributed by atoms with Crippen LogP contribution in [-0.2, 0) is 9.53 Å². The second kappa shape index (κ2) is 6.14. The molecule has 0 N–H and O–H groups in total. The number of amides is 1. The number of esters is 1. The van der Waals surface area contributed by atoms with Crippen molar-refractivity contribution in [1.29, 1.82) is 0 Å². The first kappa shape index (κ1) is 14.0. The molecule has 2 heterocycles. The molecule has 104 valence electrons. The van der Waals surface area contributed by atoms with Crippen molar-refractivity contribution < 1.29 is 14.3 Å². The summed E-state index contributed by atoms with van der Waals surface area (Å²) in [4.78, 5) is 28.5. The molecule has 0 aromatic carbocycles. The Kier molecular flexibility index (Phi) is 4.52. The van der Waals surface area contributed by atoms with Crippen LogP contribution in [0.15, 0.2) is 5.38 Å². The minimum atomic E-state index is -0.354. The third kappa shape index (κ3) is 3.53. The molecule has 2 rings (SSSR count). The number of likely N-dealkylation sites (tertiary alicyclic amines) is 1. The number of rotatable bonds is 4. The van der Waals surface area contributed by atoms with Gasteiger partial charge in [0.2, 0.25) is 6.41 Å². The van der Waals surface area contributed by atoms with Crippen molar-refractivity contribution in [2.75, 3.05) is 13.1 Å². The number of nitrogens with zero attached hydrogens (tertiary/aromatic N) is 2. The molecule has 1 fully saturated rings. The van der Waals surface area contributed by atoms with Gasteiger partial charge < -0.3 is 9.64 Å². The van der Waals surface area contributed by atoms with Gasteiger partial charge in [-0.05, 0) is 0 Å². The molecule has 1 aromatic rings. The van der Waals surface area contributed by atoms with Crippen molar-refractivity contribution in [2.24, 2.45) is 0 Å². The number of ether oxygens (including phenoxy) is 1. The van der Waals surface area contributed by atoms with Gasteiger partial charge in [-0.2, -0.15) is 0 Å². The SMILES string of the molecule is CC(C)c1nc(C(=O)OC2CCN(C=O)CC2)cs1. The van der Waals surface area contributed by atoms with E-state index in [-0.39, 0.29) is 12.1 Å². The second-order valence-electron chi connectivity index (χ2n) is 4.97. The molecule has 6 heteroatoms. The monoisotopic (exact) mass is 282 g/mol. The minimum Gasteiger partial charge on any atom is -0.457 e. The van der Waals surface area contributed by atoms with E-state index in [0.717, 1.165) is 11.4 Å². The van der Waals surface area contributed by atoms with E-state index in [1.165, 1.54) is 11.3 Å². The summed E-state index contributed by atoms with van der Waals surface area (Å²) in [7, 11) is 0. The van der Waals surface area contributed by atoms with Crippen LogP contribution < -0.4 is 0 Å². The van der Waals surface area contributed by atoms with Crippen LogP contribution in [0.2, 0.25) is 0 Å². The molecule has 5 nitrogen and oxygen atoms in total. The largest absolute Gasteiger partial charge is 0.457 e. The maximum atomic E-state index is 11.9. The summed E-state index contributed by atoms with van der Waals surface area (Å²) in [6.07, 6.45) is 2.14. The first-order chi connectivity index (χ1) is 9.10. The van der Waals surface area contributed by atoms with Gasteiger partial charge in [-0.15, -0.1) is 11.3 Å². The van der Waals surface area contributed by atoms with Gasteiger partial charge in [0.25, 0.3) is 0 Å². The van der Waals surface area contributed by atoms with Crippen LogP contribution in [0.1, 0.15) is 48.1 Å². The van der Waals surface area contributed by atoms with Gasteiger partial charge in [0.15, 0.2) is 5.69 Å². The average molecular weight is 282 g/mol. The summed E-state index contributed by atoms with van der Waals surface area (Å²) in [5, 5.41) is 2.70. The fourth-order valence-electron chi connectivity index (χ4n) is 1.96. The summed E-state index contributed by atoms with van der Waals surface area (Å²) in [6, 6.07) is 0. The molecule has 1 amide bonds. The summed E-state index contributed by atoms with van der Waals surface area (Å²) in [6.45, 7) is 5.39. The zero-order valence-corrected chi connectivity index (χ0v) is 12.0. The van der Waals surface area contributed by atoms with Gasteiger partial charge >= 0.3 is 5.97 Å². The van der Waals surface area contributed by atoms with Crippen LogP contribution in [0.3, 0.4) is 0 Å².